The van der Waals surface area contributed by atoms with Crippen LogP contribution in [0.4, 0.5) is 0 Å². The van der Waals surface area contributed by atoms with Crippen LogP contribution in [0.2, 0.25) is 0 Å². The van der Waals surface area contributed by atoms with Crippen LogP contribution in [0.25, 0.3) is 0 Å². The highest BCUT2D eigenvalue weighted by Gasteiger charge is 2.44. The van der Waals surface area contributed by atoms with Crippen molar-refractivity contribution in [2.45, 2.75) is 40.7 Å². The quantitative estimate of drug-likeness (QED) is 0.825. The van der Waals surface area contributed by atoms with Crippen LogP contribution in [-0.4, -0.2) is 11.5 Å². The lowest BCUT2D eigenvalue weighted by molar-refractivity contribution is 0.436. The molecule has 0 spiro atoms. The molecular formula is C12H20N2O. The molecule has 1 N–H and O–H groups in total. The molecular weight excluding hydrogens is 188 g/mol. The minimum atomic E-state index is 0.551. The number of nitrogens with zero attached hydrogens (tertiary/aromatic N) is 1. The van der Waals surface area contributed by atoms with E-state index in [4.69, 9.17) is 4.42 Å². The Morgan fingerprint density at radius 2 is 2.13 bits per heavy atom. The molecule has 1 atom stereocenters. The summed E-state index contributed by atoms with van der Waals surface area (Å²) in [5.74, 6) is 2.57. The molecule has 3 heteroatoms. The molecule has 0 radical (unpaired) electrons. The zero-order valence-electron chi connectivity index (χ0n) is 10.1. The monoisotopic (exact) mass is 208 g/mol. The Morgan fingerprint density at radius 3 is 2.60 bits per heavy atom. The lowest BCUT2D eigenvalue weighted by Crippen LogP contribution is -2.18. The number of aromatic nitrogens is 1. The van der Waals surface area contributed by atoms with E-state index in [0.29, 0.717) is 5.41 Å². The molecule has 2 rings (SSSR count). The van der Waals surface area contributed by atoms with Gasteiger partial charge in [0.05, 0.1) is 12.2 Å². The lowest BCUT2D eigenvalue weighted by atomic mass is 10.1. The van der Waals surface area contributed by atoms with E-state index in [1.165, 1.54) is 6.42 Å². The van der Waals surface area contributed by atoms with Crippen LogP contribution in [-0.2, 0) is 6.54 Å². The van der Waals surface area contributed by atoms with Crippen molar-refractivity contribution in [1.29, 1.82) is 0 Å². The number of rotatable bonds is 4. The molecule has 3 nitrogen and oxygen atoms in total. The van der Waals surface area contributed by atoms with Gasteiger partial charge in [-0.25, -0.2) is 4.98 Å². The molecule has 1 heterocycles. The maximum atomic E-state index is 5.49. The minimum absolute atomic E-state index is 0.551. The topological polar surface area (TPSA) is 38.1 Å². The molecule has 84 valence electrons. The first-order valence-electron chi connectivity index (χ1n) is 5.62. The van der Waals surface area contributed by atoms with E-state index in [0.717, 1.165) is 36.4 Å². The summed E-state index contributed by atoms with van der Waals surface area (Å²) in [5, 5.41) is 3.40. The molecule has 0 bridgehead atoms. The predicted molar refractivity (Wildman–Crippen MR) is 59.6 cm³/mol. The largest absolute Gasteiger partial charge is 0.444 e. The van der Waals surface area contributed by atoms with Crippen LogP contribution in [0.5, 0.6) is 0 Å². The van der Waals surface area contributed by atoms with E-state index >= 15 is 0 Å². The Bertz CT molecular complexity index is 335. The van der Waals surface area contributed by atoms with Gasteiger partial charge >= 0.3 is 0 Å². The molecule has 0 aliphatic heterocycles. The zero-order valence-corrected chi connectivity index (χ0v) is 10.1. The predicted octanol–water partition coefficient (Wildman–Crippen LogP) is 2.43. The van der Waals surface area contributed by atoms with Crippen molar-refractivity contribution in [3.8, 4) is 0 Å². The van der Waals surface area contributed by atoms with E-state index in [1.54, 1.807) is 0 Å². The van der Waals surface area contributed by atoms with Gasteiger partial charge in [0, 0.05) is 0 Å². The van der Waals surface area contributed by atoms with Gasteiger partial charge in [-0.3, -0.25) is 0 Å². The summed E-state index contributed by atoms with van der Waals surface area (Å²) in [6.07, 6.45) is 1.34. The van der Waals surface area contributed by atoms with Crippen molar-refractivity contribution < 1.29 is 4.42 Å². The Hall–Kier alpha value is -0.830. The minimum Gasteiger partial charge on any atom is -0.444 e. The van der Waals surface area contributed by atoms with E-state index in [2.05, 4.69) is 24.1 Å². The van der Waals surface area contributed by atoms with Gasteiger partial charge in [-0.2, -0.15) is 0 Å². The van der Waals surface area contributed by atoms with Gasteiger partial charge in [0.2, 0.25) is 5.89 Å². The zero-order chi connectivity index (χ0) is 11.1. The van der Waals surface area contributed by atoms with Gasteiger partial charge in [0.15, 0.2) is 0 Å². The number of hydrogen-bond donors (Lipinski definition) is 1. The van der Waals surface area contributed by atoms with E-state index in [9.17, 15) is 0 Å². The third-order valence-corrected chi connectivity index (χ3v) is 3.46. The Labute approximate surface area is 91.3 Å². The number of nitrogens with one attached hydrogen (secondary N) is 1. The standard InChI is InChI=1S/C12H20N2O/c1-8-9(2)15-11(14-8)7-13-6-10-5-12(10,3)4/h10,13H,5-7H2,1-4H3. The fourth-order valence-corrected chi connectivity index (χ4v) is 1.89. The summed E-state index contributed by atoms with van der Waals surface area (Å²) in [5.41, 5.74) is 1.55. The Kier molecular flexibility index (Phi) is 2.59. The second-order valence-electron chi connectivity index (χ2n) is 5.27. The van der Waals surface area contributed by atoms with Gasteiger partial charge < -0.3 is 9.73 Å². The third kappa shape index (κ3) is 2.40. The van der Waals surface area contributed by atoms with Crippen LogP contribution in [0, 0.1) is 25.2 Å². The maximum Gasteiger partial charge on any atom is 0.208 e. The summed E-state index contributed by atoms with van der Waals surface area (Å²) in [6, 6.07) is 0. The van der Waals surface area contributed by atoms with Crippen LogP contribution in [0.3, 0.4) is 0 Å². The van der Waals surface area contributed by atoms with Crippen molar-refractivity contribution in [2.75, 3.05) is 6.54 Å². The molecule has 0 aromatic carbocycles. The SMILES string of the molecule is Cc1nc(CNCC2CC2(C)C)oc1C. The smallest absolute Gasteiger partial charge is 0.208 e. The number of hydrogen-bond acceptors (Lipinski definition) is 3. The van der Waals surface area contributed by atoms with Gasteiger partial charge in [-0.05, 0) is 38.1 Å². The van der Waals surface area contributed by atoms with Crippen molar-refractivity contribution in [3.05, 3.63) is 17.3 Å². The molecule has 0 saturated heterocycles. The maximum absolute atomic E-state index is 5.49. The van der Waals surface area contributed by atoms with Gasteiger partial charge in [0.1, 0.15) is 5.76 Å². The average Bonchev–Trinajstić information content (AvgIpc) is 2.59. The van der Waals surface area contributed by atoms with Crippen molar-refractivity contribution >= 4 is 0 Å². The van der Waals surface area contributed by atoms with Crippen molar-refractivity contribution in [2.24, 2.45) is 11.3 Å². The van der Waals surface area contributed by atoms with Crippen molar-refractivity contribution in [3.63, 3.8) is 0 Å². The summed E-state index contributed by atoms with van der Waals surface area (Å²) in [7, 11) is 0. The highest BCUT2D eigenvalue weighted by atomic mass is 16.4. The Balaban J connectivity index is 1.75. The first kappa shape index (κ1) is 10.7. The van der Waals surface area contributed by atoms with Crippen molar-refractivity contribution in [1.82, 2.24) is 10.3 Å². The van der Waals surface area contributed by atoms with Gasteiger partial charge in [-0.1, -0.05) is 13.8 Å². The van der Waals surface area contributed by atoms with Gasteiger partial charge in [0.25, 0.3) is 0 Å². The fraction of sp³-hybridized carbons (Fsp3) is 0.750. The van der Waals surface area contributed by atoms with E-state index in [1.807, 2.05) is 13.8 Å². The molecule has 1 aliphatic rings. The summed E-state index contributed by atoms with van der Waals surface area (Å²) < 4.78 is 5.49. The summed E-state index contributed by atoms with van der Waals surface area (Å²) >= 11 is 0. The molecule has 1 unspecified atom stereocenters. The van der Waals surface area contributed by atoms with Gasteiger partial charge in [-0.15, -0.1) is 0 Å². The molecule has 1 aliphatic carbocycles. The highest BCUT2D eigenvalue weighted by Crippen LogP contribution is 2.50. The summed E-state index contributed by atoms with van der Waals surface area (Å²) in [4.78, 5) is 4.33. The molecule has 1 fully saturated rings. The third-order valence-electron chi connectivity index (χ3n) is 3.46. The molecule has 0 amide bonds. The van der Waals surface area contributed by atoms with Crippen LogP contribution < -0.4 is 5.32 Å². The molecule has 1 saturated carbocycles. The molecule has 1 aromatic heterocycles. The van der Waals surface area contributed by atoms with Crippen LogP contribution in [0.15, 0.2) is 4.42 Å². The molecule has 1 aromatic rings. The Morgan fingerprint density at radius 1 is 1.47 bits per heavy atom. The first-order chi connectivity index (χ1) is 6.99. The summed E-state index contributed by atoms with van der Waals surface area (Å²) in [6.45, 7) is 10.4. The lowest BCUT2D eigenvalue weighted by Gasteiger charge is -2.03. The number of oxazole rings is 1. The second-order valence-corrected chi connectivity index (χ2v) is 5.27. The molecule has 15 heavy (non-hydrogen) atoms. The second kappa shape index (κ2) is 3.63. The average molecular weight is 208 g/mol. The first-order valence-corrected chi connectivity index (χ1v) is 5.62. The number of aryl methyl sites for hydroxylation is 2. The fourth-order valence-electron chi connectivity index (χ4n) is 1.89. The normalized spacial score (nSPS) is 23.1. The highest BCUT2D eigenvalue weighted by molar-refractivity contribution is 5.05. The van der Waals surface area contributed by atoms with Crippen LogP contribution in [0.1, 0.15) is 37.6 Å². The van der Waals surface area contributed by atoms with E-state index in [-0.39, 0.29) is 0 Å². The van der Waals surface area contributed by atoms with Crippen LogP contribution >= 0.6 is 0 Å². The van der Waals surface area contributed by atoms with E-state index < -0.39 is 0 Å².